The van der Waals surface area contributed by atoms with Crippen molar-refractivity contribution < 1.29 is 0 Å². The molecule has 0 bridgehead atoms. The molecule has 0 saturated heterocycles. The maximum absolute atomic E-state index is 5.71. The van der Waals surface area contributed by atoms with Crippen molar-refractivity contribution in [3.63, 3.8) is 0 Å². The van der Waals surface area contributed by atoms with E-state index in [2.05, 4.69) is 281 Å². The Kier molecular flexibility index (Phi) is 13.1. The average molecular weight is 1200 g/mol. The summed E-state index contributed by atoms with van der Waals surface area (Å²) in [6, 6.07) is 119. The third-order valence-corrected chi connectivity index (χ3v) is 18.4. The first-order valence-electron chi connectivity index (χ1n) is 31.8. The summed E-state index contributed by atoms with van der Waals surface area (Å²) in [6.45, 7) is 0.0452. The third kappa shape index (κ3) is 9.36. The zero-order valence-electron chi connectivity index (χ0n) is 50.9. The number of fused-ring (bicyclic) bond motifs is 7. The standard InChI is InChI=1S/C85H55BN8/c1-6-25-56(26-7-1)62-47-49-75-68(53-62)67-39-16-19-42-74(67)94(75)76-50-48-64(85-90-82(58-29-10-3-11-30-58)89-83(91-85)59-31-12-4-13-32-59)54-69(76)73-55-72(57-27-8-2-9-28-57)87-84(88-73)63-35-22-33-60(51-63)61-34-23-38-66(52-61)93-78-44-21-18-41-71(78)86-70-40-17-20-43-77(70)92(65-36-14-5-15-37-65)79-45-24-46-80(93)81(79)86/h1-55H. The van der Waals surface area contributed by atoms with E-state index in [0.717, 1.165) is 117 Å². The van der Waals surface area contributed by atoms with Crippen molar-refractivity contribution in [3.8, 4) is 96.0 Å². The van der Waals surface area contributed by atoms with Gasteiger partial charge >= 0.3 is 0 Å². The van der Waals surface area contributed by atoms with Crippen LogP contribution < -0.4 is 26.2 Å². The largest absolute Gasteiger partial charge is 0.311 e. The van der Waals surface area contributed by atoms with Crippen LogP contribution in [-0.2, 0) is 0 Å². The van der Waals surface area contributed by atoms with E-state index >= 15 is 0 Å². The van der Waals surface area contributed by atoms with Gasteiger partial charge < -0.3 is 14.4 Å². The van der Waals surface area contributed by atoms with Crippen molar-refractivity contribution in [2.45, 2.75) is 0 Å². The lowest BCUT2D eigenvalue weighted by atomic mass is 9.33. The number of aromatic nitrogens is 6. The lowest BCUT2D eigenvalue weighted by molar-refractivity contribution is 1.07. The van der Waals surface area contributed by atoms with E-state index in [1.54, 1.807) is 0 Å². The zero-order valence-corrected chi connectivity index (χ0v) is 50.9. The second kappa shape index (κ2) is 22.7. The number of nitrogens with zero attached hydrogens (tertiary/aromatic N) is 8. The molecule has 0 radical (unpaired) electrons. The fraction of sp³-hybridized carbons (Fsp3) is 0. The van der Waals surface area contributed by atoms with Gasteiger partial charge in [0.05, 0.1) is 28.1 Å². The Morgan fingerprint density at radius 3 is 1.34 bits per heavy atom. The van der Waals surface area contributed by atoms with E-state index in [4.69, 9.17) is 24.9 Å². The molecule has 0 fully saturated rings. The first-order chi connectivity index (χ1) is 46.6. The van der Waals surface area contributed by atoms with Gasteiger partial charge in [-0.25, -0.2) is 24.9 Å². The Morgan fingerprint density at radius 2 is 0.670 bits per heavy atom. The lowest BCUT2D eigenvalue weighted by Gasteiger charge is -2.44. The first kappa shape index (κ1) is 54.4. The van der Waals surface area contributed by atoms with Crippen LogP contribution in [0, 0.1) is 0 Å². The van der Waals surface area contributed by atoms with Crippen molar-refractivity contribution in [1.29, 1.82) is 0 Å². The zero-order chi connectivity index (χ0) is 62.1. The summed E-state index contributed by atoms with van der Waals surface area (Å²) in [7, 11) is 0. The van der Waals surface area contributed by atoms with Gasteiger partial charge in [0.2, 0.25) is 0 Å². The second-order valence-corrected chi connectivity index (χ2v) is 23.9. The number of anilines is 6. The molecule has 0 N–H and O–H groups in total. The van der Waals surface area contributed by atoms with E-state index in [-0.39, 0.29) is 6.71 Å². The Balaban J connectivity index is 0.809. The Labute approximate surface area is 544 Å². The van der Waals surface area contributed by atoms with Crippen LogP contribution in [0.5, 0.6) is 0 Å². The smallest absolute Gasteiger partial charge is 0.252 e. The van der Waals surface area contributed by atoms with Crippen LogP contribution in [0.3, 0.4) is 0 Å². The number of rotatable bonds is 11. The van der Waals surface area contributed by atoms with E-state index in [1.165, 1.54) is 27.8 Å². The molecule has 438 valence electrons. The van der Waals surface area contributed by atoms with Gasteiger partial charge in [-0.2, -0.15) is 0 Å². The van der Waals surface area contributed by atoms with Gasteiger partial charge in [0.1, 0.15) is 0 Å². The predicted octanol–water partition coefficient (Wildman–Crippen LogP) is 19.2. The van der Waals surface area contributed by atoms with Crippen LogP contribution >= 0.6 is 0 Å². The summed E-state index contributed by atoms with van der Waals surface area (Å²) in [6.07, 6.45) is 0. The fourth-order valence-electron chi connectivity index (χ4n) is 14.2. The highest BCUT2D eigenvalue weighted by atomic mass is 15.2. The molecule has 0 unspecified atom stereocenters. The van der Waals surface area contributed by atoms with E-state index in [0.29, 0.717) is 23.3 Å². The monoisotopic (exact) mass is 1200 g/mol. The number of hydrogen-bond acceptors (Lipinski definition) is 7. The molecule has 18 rings (SSSR count). The second-order valence-electron chi connectivity index (χ2n) is 23.9. The van der Waals surface area contributed by atoms with Gasteiger partial charge in [-0.15, -0.1) is 0 Å². The topological polar surface area (TPSA) is 75.9 Å². The maximum atomic E-state index is 5.71. The fourth-order valence-corrected chi connectivity index (χ4v) is 14.2. The van der Waals surface area contributed by atoms with Crippen molar-refractivity contribution >= 4 is 79.0 Å². The van der Waals surface area contributed by atoms with Gasteiger partial charge in [0.25, 0.3) is 6.71 Å². The molecule has 13 aromatic carbocycles. The molecule has 0 aliphatic carbocycles. The highest BCUT2D eigenvalue weighted by Crippen LogP contribution is 2.46. The summed E-state index contributed by atoms with van der Waals surface area (Å²) >= 11 is 0. The van der Waals surface area contributed by atoms with Gasteiger partial charge in [0, 0.05) is 78.3 Å². The van der Waals surface area contributed by atoms with Crippen molar-refractivity contribution in [3.05, 3.63) is 334 Å². The molecule has 5 heterocycles. The molecule has 0 atom stereocenters. The SMILES string of the molecule is c1ccc(-c2ccc3c(c2)c2ccccc2n3-c2ccc(-c3nc(-c4ccccc4)nc(-c4ccccc4)n3)cc2-c2cc(-c3ccccc3)nc(-c3cccc(-c4cccc(N5c6ccccc6B6c7ccccc7N(c7ccccc7)c7cccc5c76)c4)c3)n2)cc1. The Morgan fingerprint density at radius 1 is 0.234 bits per heavy atom. The minimum Gasteiger partial charge on any atom is -0.311 e. The minimum absolute atomic E-state index is 0.0452. The number of hydrogen-bond donors (Lipinski definition) is 0. The highest BCUT2D eigenvalue weighted by Gasteiger charge is 2.43. The van der Waals surface area contributed by atoms with E-state index in [9.17, 15) is 0 Å². The predicted molar refractivity (Wildman–Crippen MR) is 387 cm³/mol. The van der Waals surface area contributed by atoms with Gasteiger partial charge in [0.15, 0.2) is 23.3 Å². The molecular weight excluding hydrogens is 1140 g/mol. The molecule has 16 aromatic rings. The minimum atomic E-state index is 0.0452. The summed E-state index contributed by atoms with van der Waals surface area (Å²) in [5.74, 6) is 2.31. The molecule has 8 nitrogen and oxygen atoms in total. The summed E-state index contributed by atoms with van der Waals surface area (Å²) in [5.41, 5.74) is 25.1. The summed E-state index contributed by atoms with van der Waals surface area (Å²) in [5, 5.41) is 2.30. The molecule has 0 spiro atoms. The van der Waals surface area contributed by atoms with Gasteiger partial charge in [-0.1, -0.05) is 237 Å². The Hall–Kier alpha value is -12.6. The molecular formula is C85H55BN8. The molecule has 0 saturated carbocycles. The average Bonchev–Trinajstić information content (AvgIpc) is 0.838. The quantitative estimate of drug-likeness (QED) is 0.119. The molecule has 2 aliphatic heterocycles. The number of para-hydroxylation sites is 4. The normalized spacial score (nSPS) is 12.2. The Bertz CT molecular complexity index is 5530. The molecule has 94 heavy (non-hydrogen) atoms. The van der Waals surface area contributed by atoms with Crippen LogP contribution in [0.4, 0.5) is 34.1 Å². The third-order valence-electron chi connectivity index (χ3n) is 18.4. The van der Waals surface area contributed by atoms with Gasteiger partial charge in [-0.3, -0.25) is 0 Å². The van der Waals surface area contributed by atoms with Crippen molar-refractivity contribution in [2.75, 3.05) is 9.80 Å². The lowest BCUT2D eigenvalue weighted by Crippen LogP contribution is -2.61. The van der Waals surface area contributed by atoms with Crippen LogP contribution in [0.1, 0.15) is 0 Å². The summed E-state index contributed by atoms with van der Waals surface area (Å²) in [4.78, 5) is 31.7. The van der Waals surface area contributed by atoms with E-state index < -0.39 is 0 Å². The van der Waals surface area contributed by atoms with Crippen molar-refractivity contribution in [2.24, 2.45) is 0 Å². The maximum Gasteiger partial charge on any atom is 0.252 e. The summed E-state index contributed by atoms with van der Waals surface area (Å²) < 4.78 is 2.39. The van der Waals surface area contributed by atoms with Crippen LogP contribution in [0.25, 0.3) is 118 Å². The number of benzene rings is 13. The highest BCUT2D eigenvalue weighted by molar-refractivity contribution is 7.00. The molecule has 3 aromatic heterocycles. The van der Waals surface area contributed by atoms with E-state index in [1.807, 2.05) is 66.7 Å². The van der Waals surface area contributed by atoms with Crippen LogP contribution in [-0.4, -0.2) is 36.2 Å². The van der Waals surface area contributed by atoms with Crippen LogP contribution in [0.15, 0.2) is 334 Å². The van der Waals surface area contributed by atoms with Crippen molar-refractivity contribution in [1.82, 2.24) is 29.5 Å². The molecule has 9 heteroatoms. The molecule has 2 aliphatic rings. The van der Waals surface area contributed by atoms with Crippen LogP contribution in [0.2, 0.25) is 0 Å². The van der Waals surface area contributed by atoms with Gasteiger partial charge in [-0.05, 0) is 136 Å². The first-order valence-corrected chi connectivity index (χ1v) is 31.8. The molecule has 0 amide bonds.